The normalized spacial score (nSPS) is 13.6. The second kappa shape index (κ2) is 13.6. The van der Waals surface area contributed by atoms with Gasteiger partial charge in [0.15, 0.2) is 17.5 Å². The smallest absolute Gasteiger partial charge is 0.167 e. The summed E-state index contributed by atoms with van der Waals surface area (Å²) in [6, 6.07) is 53.0. The van der Waals surface area contributed by atoms with E-state index in [1.807, 2.05) is 47.7 Å². The molecule has 9 aromatic rings. The van der Waals surface area contributed by atoms with Crippen LogP contribution in [-0.2, 0) is 12.8 Å². The SMILES string of the molecule is C1=C(C2=CCCc3c2sc2cccc(-c4ccccc4)c32)c2oc3c(-c4nc(-c5ccccc5)nc(-c5ccc(-c6ccccc6)cc5)n4)cccc3c2CC1. The third kappa shape index (κ3) is 5.54. The van der Waals surface area contributed by atoms with Crippen LogP contribution in [0.1, 0.15) is 34.6 Å². The maximum Gasteiger partial charge on any atom is 0.167 e. The van der Waals surface area contributed by atoms with Crippen molar-refractivity contribution >= 4 is 43.5 Å². The van der Waals surface area contributed by atoms with Crippen LogP contribution in [0, 0.1) is 0 Å². The molecule has 0 N–H and O–H groups in total. The van der Waals surface area contributed by atoms with Gasteiger partial charge in [0, 0.05) is 42.6 Å². The van der Waals surface area contributed by atoms with E-state index in [9.17, 15) is 0 Å². The lowest BCUT2D eigenvalue weighted by atomic mass is 9.85. The van der Waals surface area contributed by atoms with Crippen LogP contribution in [0.5, 0.6) is 0 Å². The first-order chi connectivity index (χ1) is 27.8. The Labute approximate surface area is 329 Å². The first kappa shape index (κ1) is 32.7. The molecule has 56 heavy (non-hydrogen) atoms. The molecule has 0 fully saturated rings. The molecule has 0 radical (unpaired) electrons. The molecule has 3 heterocycles. The molecule has 0 amide bonds. The van der Waals surface area contributed by atoms with Crippen LogP contribution < -0.4 is 0 Å². The van der Waals surface area contributed by atoms with Gasteiger partial charge in [0.05, 0.1) is 5.56 Å². The minimum Gasteiger partial charge on any atom is -0.455 e. The third-order valence-corrected chi connectivity index (χ3v) is 12.4. The number of rotatable bonds is 6. The maximum atomic E-state index is 7.08. The topological polar surface area (TPSA) is 51.8 Å². The molecule has 6 aromatic carbocycles. The largest absolute Gasteiger partial charge is 0.455 e. The number of aromatic nitrogens is 3. The lowest BCUT2D eigenvalue weighted by Gasteiger charge is -2.20. The predicted molar refractivity (Wildman–Crippen MR) is 231 cm³/mol. The molecular formula is C51H35N3OS. The number of furan rings is 1. The van der Waals surface area contributed by atoms with Gasteiger partial charge in [-0.1, -0.05) is 152 Å². The third-order valence-electron chi connectivity index (χ3n) is 11.1. The van der Waals surface area contributed by atoms with E-state index in [4.69, 9.17) is 19.4 Å². The number of para-hydroxylation sites is 1. The van der Waals surface area contributed by atoms with E-state index in [1.54, 1.807) is 0 Å². The quantitative estimate of drug-likeness (QED) is 0.170. The number of aryl methyl sites for hydroxylation is 2. The van der Waals surface area contributed by atoms with Crippen LogP contribution in [-0.4, -0.2) is 15.0 Å². The van der Waals surface area contributed by atoms with Gasteiger partial charge < -0.3 is 4.42 Å². The molecule has 0 unspecified atom stereocenters. The predicted octanol–water partition coefficient (Wildman–Crippen LogP) is 13.5. The molecule has 0 saturated carbocycles. The molecule has 0 aliphatic heterocycles. The molecule has 5 heteroatoms. The van der Waals surface area contributed by atoms with Gasteiger partial charge in [0.1, 0.15) is 11.3 Å². The second-order valence-corrected chi connectivity index (χ2v) is 15.5. The minimum absolute atomic E-state index is 0.598. The average Bonchev–Trinajstić information content (AvgIpc) is 3.86. The second-order valence-electron chi connectivity index (χ2n) is 14.5. The Bertz CT molecular complexity index is 2990. The van der Waals surface area contributed by atoms with Gasteiger partial charge in [-0.3, -0.25) is 0 Å². The first-order valence-corrected chi connectivity index (χ1v) is 20.1. The molecule has 266 valence electrons. The van der Waals surface area contributed by atoms with E-state index in [0.717, 1.165) is 64.7 Å². The van der Waals surface area contributed by atoms with Crippen molar-refractivity contribution in [3.05, 3.63) is 186 Å². The summed E-state index contributed by atoms with van der Waals surface area (Å²) < 4.78 is 8.41. The van der Waals surface area contributed by atoms with Gasteiger partial charge in [0.2, 0.25) is 0 Å². The van der Waals surface area contributed by atoms with Crippen molar-refractivity contribution in [3.63, 3.8) is 0 Å². The maximum absolute atomic E-state index is 7.08. The Morgan fingerprint density at radius 3 is 1.73 bits per heavy atom. The molecule has 0 spiro atoms. The van der Waals surface area contributed by atoms with Crippen LogP contribution in [0.4, 0.5) is 0 Å². The van der Waals surface area contributed by atoms with E-state index < -0.39 is 0 Å². The summed E-state index contributed by atoms with van der Waals surface area (Å²) in [7, 11) is 0. The monoisotopic (exact) mass is 737 g/mol. The van der Waals surface area contributed by atoms with Gasteiger partial charge in [-0.25, -0.2) is 15.0 Å². The van der Waals surface area contributed by atoms with E-state index >= 15 is 0 Å². The highest BCUT2D eigenvalue weighted by molar-refractivity contribution is 7.20. The van der Waals surface area contributed by atoms with Crippen LogP contribution in [0.2, 0.25) is 0 Å². The fourth-order valence-corrected chi connectivity index (χ4v) is 9.83. The highest BCUT2D eigenvalue weighted by Crippen LogP contribution is 2.50. The van der Waals surface area contributed by atoms with Crippen molar-refractivity contribution in [3.8, 4) is 56.4 Å². The Kier molecular flexibility index (Phi) is 7.92. The van der Waals surface area contributed by atoms with Gasteiger partial charge >= 0.3 is 0 Å². The minimum atomic E-state index is 0.598. The first-order valence-electron chi connectivity index (χ1n) is 19.3. The van der Waals surface area contributed by atoms with Crippen LogP contribution in [0.15, 0.2) is 168 Å². The van der Waals surface area contributed by atoms with Crippen molar-refractivity contribution in [1.29, 1.82) is 0 Å². The summed E-state index contributed by atoms with van der Waals surface area (Å²) in [4.78, 5) is 16.6. The molecule has 3 aromatic heterocycles. The van der Waals surface area contributed by atoms with Crippen molar-refractivity contribution in [2.45, 2.75) is 25.7 Å². The number of allylic oxidation sites excluding steroid dienone is 4. The van der Waals surface area contributed by atoms with Gasteiger partial charge in [-0.05, 0) is 71.2 Å². The Hall–Kier alpha value is -6.69. The standard InChI is InChI=1S/C51H35N3OS/c1-4-14-32(15-5-1)33-28-30-36(31-29-33)50-52-49(35-18-8-3-9-19-35)53-51(54-50)43-26-11-22-39-38-21-10-23-40(46(38)55-47(39)43)41-24-12-25-42-45-37(34-16-6-2-7-17-34)20-13-27-44(45)56-48(41)42/h1-9,11,13-20,22-24,26-31H,10,12,21,25H2. The summed E-state index contributed by atoms with van der Waals surface area (Å²) >= 11 is 1.91. The van der Waals surface area contributed by atoms with E-state index in [1.165, 1.54) is 53.9 Å². The van der Waals surface area contributed by atoms with Crippen LogP contribution >= 0.6 is 11.3 Å². The molecule has 0 bridgehead atoms. The zero-order valence-corrected chi connectivity index (χ0v) is 31.4. The number of hydrogen-bond donors (Lipinski definition) is 0. The lowest BCUT2D eigenvalue weighted by molar-refractivity contribution is 0.592. The van der Waals surface area contributed by atoms with Gasteiger partial charge in [-0.15, -0.1) is 11.3 Å². The fourth-order valence-electron chi connectivity index (χ4n) is 8.50. The van der Waals surface area contributed by atoms with Crippen molar-refractivity contribution < 1.29 is 4.42 Å². The highest BCUT2D eigenvalue weighted by Gasteiger charge is 2.30. The van der Waals surface area contributed by atoms with Gasteiger partial charge in [-0.2, -0.15) is 0 Å². The molecular weight excluding hydrogens is 703 g/mol. The summed E-state index contributed by atoms with van der Waals surface area (Å²) in [6.07, 6.45) is 8.74. The van der Waals surface area contributed by atoms with Crippen molar-refractivity contribution in [2.24, 2.45) is 0 Å². The number of hydrogen-bond acceptors (Lipinski definition) is 5. The molecule has 11 rings (SSSR count). The zero-order chi connectivity index (χ0) is 37.0. The molecule has 2 aliphatic carbocycles. The molecule has 4 nitrogen and oxygen atoms in total. The van der Waals surface area contributed by atoms with Crippen LogP contribution in [0.25, 0.3) is 88.6 Å². The highest BCUT2D eigenvalue weighted by atomic mass is 32.1. The Morgan fingerprint density at radius 1 is 0.446 bits per heavy atom. The summed E-state index contributed by atoms with van der Waals surface area (Å²) in [5.41, 5.74) is 13.7. The molecule has 0 atom stereocenters. The van der Waals surface area contributed by atoms with Crippen LogP contribution in [0.3, 0.4) is 0 Å². The number of benzene rings is 6. The van der Waals surface area contributed by atoms with Gasteiger partial charge in [0.25, 0.3) is 0 Å². The molecule has 0 saturated heterocycles. The summed E-state index contributed by atoms with van der Waals surface area (Å²) in [6.45, 7) is 0. The van der Waals surface area contributed by atoms with Crippen molar-refractivity contribution in [2.75, 3.05) is 0 Å². The van der Waals surface area contributed by atoms with E-state index in [-0.39, 0.29) is 0 Å². The number of nitrogens with zero attached hydrogens (tertiary/aromatic N) is 3. The Balaban J connectivity index is 1.03. The average molecular weight is 738 g/mol. The Morgan fingerprint density at radius 2 is 1.00 bits per heavy atom. The zero-order valence-electron chi connectivity index (χ0n) is 30.6. The lowest BCUT2D eigenvalue weighted by Crippen LogP contribution is -2.03. The summed E-state index contributed by atoms with van der Waals surface area (Å²) in [5, 5.41) is 2.51. The fraction of sp³-hybridized carbons (Fsp3) is 0.0784. The summed E-state index contributed by atoms with van der Waals surface area (Å²) in [5.74, 6) is 2.82. The number of thiophene rings is 1. The van der Waals surface area contributed by atoms with E-state index in [2.05, 4.69) is 127 Å². The molecule has 2 aliphatic rings. The van der Waals surface area contributed by atoms with Crippen molar-refractivity contribution in [1.82, 2.24) is 15.0 Å². The number of fused-ring (bicyclic) bond motifs is 6. The van der Waals surface area contributed by atoms with E-state index in [0.29, 0.717) is 17.5 Å².